The summed E-state index contributed by atoms with van der Waals surface area (Å²) in [5.41, 5.74) is 5.66. The van der Waals surface area contributed by atoms with Crippen LogP contribution in [0, 0.1) is 0 Å². The summed E-state index contributed by atoms with van der Waals surface area (Å²) in [4.78, 5) is 64.6. The highest BCUT2D eigenvalue weighted by atomic mass is 32.2. The van der Waals surface area contributed by atoms with Crippen molar-refractivity contribution in [1.29, 1.82) is 0 Å². The number of thioether (sulfide) groups is 2. The third-order valence-electron chi connectivity index (χ3n) is 5.49. The zero-order valence-electron chi connectivity index (χ0n) is 20.7. The summed E-state index contributed by atoms with van der Waals surface area (Å²) in [7, 11) is 2.48. The molecule has 4 heterocycles. The Hall–Kier alpha value is -3.90. The maximum absolute atomic E-state index is 13.1. The van der Waals surface area contributed by atoms with Gasteiger partial charge in [-0.15, -0.1) is 16.4 Å². The van der Waals surface area contributed by atoms with Crippen molar-refractivity contribution in [2.45, 2.75) is 30.0 Å². The SMILES string of the molecule is C=C1S[C@@H]2[C@H](NC(=O)/C(=N\OC)c3csc(N)n3)C(=O)N2C(C(=O)O)=C1CSc1nc(C(=O)OC)n(CC)n1. The fourth-order valence-corrected chi connectivity index (χ4v) is 6.48. The number of methoxy groups -OCH3 is 1. The molecule has 0 unspecified atom stereocenters. The lowest BCUT2D eigenvalue weighted by molar-refractivity contribution is -0.150. The van der Waals surface area contributed by atoms with Crippen molar-refractivity contribution < 1.29 is 33.9 Å². The molecule has 0 saturated carbocycles. The minimum Gasteiger partial charge on any atom is -0.477 e. The van der Waals surface area contributed by atoms with Crippen LogP contribution in [-0.4, -0.2) is 90.6 Å². The van der Waals surface area contributed by atoms with Crippen LogP contribution < -0.4 is 11.1 Å². The second kappa shape index (κ2) is 11.5. The molecule has 2 atom stereocenters. The van der Waals surface area contributed by atoms with Crippen molar-refractivity contribution in [1.82, 2.24) is 30.0 Å². The van der Waals surface area contributed by atoms with Crippen molar-refractivity contribution in [3.8, 4) is 0 Å². The lowest BCUT2D eigenvalue weighted by Crippen LogP contribution is -2.70. The highest BCUT2D eigenvalue weighted by molar-refractivity contribution is 8.04. The summed E-state index contributed by atoms with van der Waals surface area (Å²) in [5.74, 6) is -3.28. The number of thiazole rings is 1. The summed E-state index contributed by atoms with van der Waals surface area (Å²) in [6.45, 7) is 6.13. The third-order valence-corrected chi connectivity index (χ3v) is 8.28. The number of nitrogens with zero attached hydrogens (tertiary/aromatic N) is 6. The van der Waals surface area contributed by atoms with E-state index in [9.17, 15) is 24.3 Å². The van der Waals surface area contributed by atoms with Gasteiger partial charge in [0.2, 0.25) is 11.0 Å². The number of carbonyl (C=O) groups is 4. The number of hydrogen-bond acceptors (Lipinski definition) is 14. The van der Waals surface area contributed by atoms with E-state index >= 15 is 0 Å². The smallest absolute Gasteiger partial charge is 0.375 e. The summed E-state index contributed by atoms with van der Waals surface area (Å²) in [6, 6.07) is -1.05. The molecule has 0 aromatic carbocycles. The van der Waals surface area contributed by atoms with Gasteiger partial charge in [0.05, 0.1) is 7.11 Å². The number of ether oxygens (including phenoxy) is 1. The molecular weight excluding hydrogens is 572 g/mol. The molecule has 2 aliphatic heterocycles. The van der Waals surface area contributed by atoms with Crippen LogP contribution in [-0.2, 0) is 30.5 Å². The number of nitrogen functional groups attached to an aromatic ring is 1. The van der Waals surface area contributed by atoms with Crippen molar-refractivity contribution in [3.05, 3.63) is 39.7 Å². The number of allylic oxidation sites excluding steroid dienone is 1. The number of anilines is 1. The van der Waals surface area contributed by atoms with E-state index in [0.29, 0.717) is 17.0 Å². The maximum atomic E-state index is 13.1. The number of aryl methyl sites for hydroxylation is 1. The van der Waals surface area contributed by atoms with Crippen LogP contribution in [0.25, 0.3) is 0 Å². The number of aliphatic carboxylic acids is 1. The quantitative estimate of drug-likeness (QED) is 0.113. The van der Waals surface area contributed by atoms with E-state index < -0.39 is 35.2 Å². The summed E-state index contributed by atoms with van der Waals surface area (Å²) < 4.78 is 6.09. The number of β-lactam (4-membered cyclic amide) rings is 1. The molecule has 18 heteroatoms. The molecule has 4 N–H and O–H groups in total. The molecule has 0 bridgehead atoms. The predicted octanol–water partition coefficient (Wildman–Crippen LogP) is 0.518. The Morgan fingerprint density at radius 1 is 1.33 bits per heavy atom. The van der Waals surface area contributed by atoms with Crippen LogP contribution in [0.2, 0.25) is 0 Å². The molecule has 0 aliphatic carbocycles. The molecule has 1 fully saturated rings. The Kier molecular flexibility index (Phi) is 8.26. The zero-order chi connectivity index (χ0) is 28.4. The van der Waals surface area contributed by atoms with Gasteiger partial charge >= 0.3 is 11.9 Å². The lowest BCUT2D eigenvalue weighted by Gasteiger charge is -2.49. The average Bonchev–Trinajstić information content (AvgIpc) is 3.54. The molecule has 2 aliphatic rings. The standard InChI is InChI=1S/C21H22N8O7S3/c1-5-28-14(19(34)35-3)25-21(26-28)38-6-9-8(2)39-17-12(16(31)29(17)13(9)18(32)33)24-15(30)11(27-36-4)10-7-37-20(22)23-10/h7,12,17H,2,5-6H2,1,3-4H3,(H2,22,23)(H,24,30)(H,32,33)/b27-11-/t12-,17-/m1/s1. The van der Waals surface area contributed by atoms with Gasteiger partial charge in [-0.2, -0.15) is 4.98 Å². The summed E-state index contributed by atoms with van der Waals surface area (Å²) >= 11 is 3.32. The number of carboxylic acids is 1. The Morgan fingerprint density at radius 3 is 2.67 bits per heavy atom. The molecule has 2 aromatic heterocycles. The summed E-state index contributed by atoms with van der Waals surface area (Å²) in [5, 5.41) is 21.7. The number of nitrogens with two attached hydrogens (primary N) is 1. The molecule has 1 saturated heterocycles. The number of hydrogen-bond donors (Lipinski definition) is 3. The first-order chi connectivity index (χ1) is 18.6. The first-order valence-electron chi connectivity index (χ1n) is 11.1. The Labute approximate surface area is 233 Å². The van der Waals surface area contributed by atoms with E-state index in [4.69, 9.17) is 15.3 Å². The number of fused-ring (bicyclic) bond motifs is 1. The second-order valence-electron chi connectivity index (χ2n) is 7.73. The van der Waals surface area contributed by atoms with Gasteiger partial charge in [-0.1, -0.05) is 35.3 Å². The highest BCUT2D eigenvalue weighted by Gasteiger charge is 2.55. The Morgan fingerprint density at radius 2 is 2.08 bits per heavy atom. The van der Waals surface area contributed by atoms with Crippen molar-refractivity contribution in [2.75, 3.05) is 25.7 Å². The molecule has 39 heavy (non-hydrogen) atoms. The monoisotopic (exact) mass is 594 g/mol. The first-order valence-corrected chi connectivity index (χ1v) is 13.8. The van der Waals surface area contributed by atoms with Crippen LogP contribution >= 0.6 is 34.9 Å². The molecule has 15 nitrogen and oxygen atoms in total. The lowest BCUT2D eigenvalue weighted by atomic mass is 10.0. The number of rotatable bonds is 10. The largest absolute Gasteiger partial charge is 0.477 e. The molecular formula is C21H22N8O7S3. The fraction of sp³-hybridized carbons (Fsp3) is 0.333. The van der Waals surface area contributed by atoms with E-state index in [1.807, 2.05) is 0 Å². The molecule has 2 aromatic rings. The number of esters is 1. The minimum absolute atomic E-state index is 0.0140. The fourth-order valence-electron chi connectivity index (χ4n) is 3.71. The van der Waals surface area contributed by atoms with Crippen LogP contribution in [0.3, 0.4) is 0 Å². The van der Waals surface area contributed by atoms with Crippen LogP contribution in [0.1, 0.15) is 23.2 Å². The molecule has 206 valence electrons. The van der Waals surface area contributed by atoms with Crippen molar-refractivity contribution >= 4 is 69.5 Å². The number of carbonyl (C=O) groups excluding carboxylic acids is 3. The minimum atomic E-state index is -1.34. The van der Waals surface area contributed by atoms with E-state index in [-0.39, 0.29) is 39.0 Å². The number of amides is 2. The molecule has 2 amide bonds. The van der Waals surface area contributed by atoms with Gasteiger partial charge in [-0.3, -0.25) is 14.5 Å². The van der Waals surface area contributed by atoms with E-state index in [1.165, 1.54) is 24.3 Å². The zero-order valence-corrected chi connectivity index (χ0v) is 23.2. The highest BCUT2D eigenvalue weighted by Crippen LogP contribution is 2.46. The average molecular weight is 595 g/mol. The van der Waals surface area contributed by atoms with Gasteiger partial charge in [0.1, 0.15) is 29.9 Å². The van der Waals surface area contributed by atoms with Crippen LogP contribution in [0.5, 0.6) is 0 Å². The topological polar surface area (TPSA) is 204 Å². The van der Waals surface area contributed by atoms with Gasteiger partial charge in [-0.25, -0.2) is 19.3 Å². The van der Waals surface area contributed by atoms with E-state index in [1.54, 1.807) is 6.92 Å². The van der Waals surface area contributed by atoms with Gasteiger partial charge in [0.15, 0.2) is 10.8 Å². The van der Waals surface area contributed by atoms with Gasteiger partial charge in [0, 0.05) is 28.2 Å². The molecule has 4 rings (SSSR count). The van der Waals surface area contributed by atoms with Gasteiger partial charge in [-0.05, 0) is 6.92 Å². The van der Waals surface area contributed by atoms with Crippen LogP contribution in [0.4, 0.5) is 5.13 Å². The van der Waals surface area contributed by atoms with Gasteiger partial charge < -0.3 is 25.7 Å². The number of carboxylic acid groups (broad SMARTS) is 1. The van der Waals surface area contributed by atoms with Crippen LogP contribution in [0.15, 0.2) is 38.4 Å². The Bertz CT molecular complexity index is 1430. The number of nitrogens with one attached hydrogen (secondary N) is 1. The summed E-state index contributed by atoms with van der Waals surface area (Å²) in [6.07, 6.45) is 0. The number of aromatic nitrogens is 4. The van der Waals surface area contributed by atoms with Crippen molar-refractivity contribution in [2.24, 2.45) is 5.16 Å². The second-order valence-corrected chi connectivity index (χ2v) is 10.8. The predicted molar refractivity (Wildman–Crippen MR) is 142 cm³/mol. The van der Waals surface area contributed by atoms with Gasteiger partial charge in [0.25, 0.3) is 11.8 Å². The van der Waals surface area contributed by atoms with Crippen molar-refractivity contribution in [3.63, 3.8) is 0 Å². The first kappa shape index (κ1) is 28.1. The Balaban J connectivity index is 1.53. The molecule has 0 radical (unpaired) electrons. The normalized spacial score (nSPS) is 18.9. The number of oxime groups is 1. The van der Waals surface area contributed by atoms with E-state index in [0.717, 1.165) is 39.8 Å². The third kappa shape index (κ3) is 5.34. The maximum Gasteiger partial charge on any atom is 0.375 e. The molecule has 0 spiro atoms. The van der Waals surface area contributed by atoms with E-state index in [2.05, 4.69) is 32.1 Å².